The SMILES string of the molecule is CCCCCCCCCC=CCN(CC)C(=O)[C@@]1(C)C(=O)CCC(=O)N1C(=O)[C@H](C)NC(=O)[C@H](C)N. The Balaban J connectivity index is 2.87. The van der Waals surface area contributed by atoms with Crippen LogP contribution in [0.1, 0.15) is 98.8 Å². The van der Waals surface area contributed by atoms with Gasteiger partial charge >= 0.3 is 0 Å². The quantitative estimate of drug-likeness (QED) is 0.200. The van der Waals surface area contributed by atoms with Crippen molar-refractivity contribution in [2.45, 2.75) is 116 Å². The van der Waals surface area contributed by atoms with Crippen LogP contribution in [-0.2, 0) is 24.0 Å². The number of imide groups is 1. The summed E-state index contributed by atoms with van der Waals surface area (Å²) in [6, 6.07) is -1.97. The van der Waals surface area contributed by atoms with Crippen LogP contribution in [0, 0.1) is 0 Å². The normalized spacial score (nSPS) is 19.9. The van der Waals surface area contributed by atoms with Crippen molar-refractivity contribution in [3.8, 4) is 0 Å². The van der Waals surface area contributed by atoms with Crippen LogP contribution < -0.4 is 11.1 Å². The predicted molar refractivity (Wildman–Crippen MR) is 140 cm³/mol. The van der Waals surface area contributed by atoms with Gasteiger partial charge in [0, 0.05) is 25.9 Å². The standard InChI is InChI=1S/C27H46N4O5/c1-6-8-9-10-11-12-13-14-15-16-19-30(7-2)26(36)27(5)22(32)17-18-23(33)31(27)25(35)21(4)29-24(34)20(3)28/h15-16,20-21H,6-14,17-19,28H2,1-5H3,(H,29,34)/t20-,21-,27+/m0/s1. The first kappa shape index (κ1) is 31.5. The Morgan fingerprint density at radius 1 is 1.03 bits per heavy atom. The number of piperidine rings is 1. The molecule has 0 saturated carbocycles. The number of hydrogen-bond acceptors (Lipinski definition) is 6. The maximum Gasteiger partial charge on any atom is 0.256 e. The number of nitrogens with two attached hydrogens (primary N) is 1. The molecule has 0 unspecified atom stereocenters. The summed E-state index contributed by atoms with van der Waals surface area (Å²) in [5.41, 5.74) is 3.60. The number of rotatable bonds is 15. The van der Waals surface area contributed by atoms with Gasteiger partial charge in [-0.15, -0.1) is 0 Å². The number of nitrogens with zero attached hydrogens (tertiary/aromatic N) is 2. The minimum atomic E-state index is -1.96. The Bertz CT molecular complexity index is 810. The highest BCUT2D eigenvalue weighted by molar-refractivity contribution is 6.19. The molecule has 3 atom stereocenters. The molecule has 0 aliphatic carbocycles. The van der Waals surface area contributed by atoms with Crippen molar-refractivity contribution >= 4 is 29.4 Å². The third-order valence-corrected chi connectivity index (χ3v) is 6.72. The van der Waals surface area contributed by atoms with E-state index in [1.54, 1.807) is 6.92 Å². The Labute approximate surface area is 216 Å². The molecule has 1 heterocycles. The van der Waals surface area contributed by atoms with Crippen LogP contribution in [-0.4, -0.2) is 69.9 Å². The molecule has 9 nitrogen and oxygen atoms in total. The summed E-state index contributed by atoms with van der Waals surface area (Å²) in [6.45, 7) is 8.80. The highest BCUT2D eigenvalue weighted by Crippen LogP contribution is 2.29. The molecule has 36 heavy (non-hydrogen) atoms. The number of amides is 4. The maximum absolute atomic E-state index is 13.6. The molecule has 0 aromatic carbocycles. The van der Waals surface area contributed by atoms with E-state index in [2.05, 4.69) is 12.2 Å². The number of allylic oxidation sites excluding steroid dienone is 1. The minimum Gasteiger partial charge on any atom is -0.343 e. The number of ketones is 1. The first-order chi connectivity index (χ1) is 17.0. The molecule has 3 N–H and O–H groups in total. The number of likely N-dealkylation sites (N-methyl/N-ethyl adjacent to an activating group) is 1. The van der Waals surface area contributed by atoms with E-state index in [-0.39, 0.29) is 19.4 Å². The second-order valence-corrected chi connectivity index (χ2v) is 9.81. The van der Waals surface area contributed by atoms with E-state index in [0.717, 1.165) is 17.7 Å². The van der Waals surface area contributed by atoms with Gasteiger partial charge in [-0.05, 0) is 40.5 Å². The molecule has 9 heteroatoms. The highest BCUT2D eigenvalue weighted by atomic mass is 16.2. The van der Waals surface area contributed by atoms with Crippen molar-refractivity contribution in [2.24, 2.45) is 5.73 Å². The van der Waals surface area contributed by atoms with E-state index in [1.807, 2.05) is 12.2 Å². The lowest BCUT2D eigenvalue weighted by molar-refractivity contribution is -0.170. The lowest BCUT2D eigenvalue weighted by atomic mass is 9.84. The van der Waals surface area contributed by atoms with Gasteiger partial charge in [0.1, 0.15) is 6.04 Å². The van der Waals surface area contributed by atoms with E-state index in [9.17, 15) is 24.0 Å². The van der Waals surface area contributed by atoms with Crippen molar-refractivity contribution in [3.05, 3.63) is 12.2 Å². The Morgan fingerprint density at radius 3 is 2.22 bits per heavy atom. The molecule has 204 valence electrons. The van der Waals surface area contributed by atoms with E-state index >= 15 is 0 Å². The summed E-state index contributed by atoms with van der Waals surface area (Å²) in [4.78, 5) is 66.8. The van der Waals surface area contributed by atoms with Gasteiger partial charge in [-0.2, -0.15) is 0 Å². The number of carbonyl (C=O) groups is 5. The fourth-order valence-electron chi connectivity index (χ4n) is 4.31. The van der Waals surface area contributed by atoms with Crippen LogP contribution in [0.4, 0.5) is 0 Å². The van der Waals surface area contributed by atoms with Gasteiger partial charge in [0.05, 0.1) is 6.04 Å². The average Bonchev–Trinajstić information content (AvgIpc) is 2.84. The molecule has 1 aliphatic heterocycles. The second-order valence-electron chi connectivity index (χ2n) is 9.81. The molecule has 1 fully saturated rings. The number of unbranched alkanes of at least 4 members (excludes halogenated alkanes) is 7. The molecule has 0 aromatic heterocycles. The van der Waals surface area contributed by atoms with Crippen LogP contribution in [0.2, 0.25) is 0 Å². The lowest BCUT2D eigenvalue weighted by Gasteiger charge is -2.43. The summed E-state index contributed by atoms with van der Waals surface area (Å²) in [5.74, 6) is -3.06. The van der Waals surface area contributed by atoms with Crippen molar-refractivity contribution in [2.75, 3.05) is 13.1 Å². The topological polar surface area (TPSA) is 130 Å². The van der Waals surface area contributed by atoms with Gasteiger partial charge in [0.25, 0.3) is 11.8 Å². The number of Topliss-reactive ketones (excluding diaryl/α,β-unsaturated/α-hetero) is 1. The number of carbonyl (C=O) groups excluding carboxylic acids is 5. The fourth-order valence-corrected chi connectivity index (χ4v) is 4.31. The molecule has 4 amide bonds. The maximum atomic E-state index is 13.6. The first-order valence-electron chi connectivity index (χ1n) is 13.4. The van der Waals surface area contributed by atoms with E-state index < -0.39 is 47.0 Å². The predicted octanol–water partition coefficient (Wildman–Crippen LogP) is 2.86. The zero-order chi connectivity index (χ0) is 27.3. The monoisotopic (exact) mass is 506 g/mol. The third-order valence-electron chi connectivity index (χ3n) is 6.72. The zero-order valence-corrected chi connectivity index (χ0v) is 22.8. The Kier molecular flexibility index (Phi) is 13.6. The Hall–Kier alpha value is -2.55. The largest absolute Gasteiger partial charge is 0.343 e. The fraction of sp³-hybridized carbons (Fsp3) is 0.741. The van der Waals surface area contributed by atoms with E-state index in [1.165, 1.54) is 64.2 Å². The van der Waals surface area contributed by atoms with E-state index in [0.29, 0.717) is 6.54 Å². The van der Waals surface area contributed by atoms with Crippen molar-refractivity contribution < 1.29 is 24.0 Å². The van der Waals surface area contributed by atoms with Crippen molar-refractivity contribution in [3.63, 3.8) is 0 Å². The van der Waals surface area contributed by atoms with Crippen LogP contribution >= 0.6 is 0 Å². The smallest absolute Gasteiger partial charge is 0.256 e. The van der Waals surface area contributed by atoms with Crippen LogP contribution in [0.5, 0.6) is 0 Å². The molecule has 0 radical (unpaired) electrons. The van der Waals surface area contributed by atoms with Crippen LogP contribution in [0.25, 0.3) is 0 Å². The lowest BCUT2D eigenvalue weighted by Crippen LogP contribution is -2.70. The molecule has 1 saturated heterocycles. The molecule has 0 aromatic rings. The van der Waals surface area contributed by atoms with Crippen LogP contribution in [0.15, 0.2) is 12.2 Å². The van der Waals surface area contributed by atoms with Gasteiger partial charge in [0.15, 0.2) is 11.3 Å². The summed E-state index contributed by atoms with van der Waals surface area (Å²) in [7, 11) is 0. The third kappa shape index (κ3) is 8.54. The van der Waals surface area contributed by atoms with Crippen LogP contribution in [0.3, 0.4) is 0 Å². The van der Waals surface area contributed by atoms with Gasteiger partial charge in [-0.1, -0.05) is 57.6 Å². The van der Waals surface area contributed by atoms with Gasteiger partial charge in [-0.3, -0.25) is 28.9 Å². The van der Waals surface area contributed by atoms with Gasteiger partial charge < -0.3 is 16.0 Å². The number of likely N-dealkylation sites (tertiary alicyclic amines) is 1. The second kappa shape index (κ2) is 15.5. The van der Waals surface area contributed by atoms with Crippen molar-refractivity contribution in [1.82, 2.24) is 15.1 Å². The molecule has 0 spiro atoms. The summed E-state index contributed by atoms with van der Waals surface area (Å²) in [5, 5.41) is 2.45. The van der Waals surface area contributed by atoms with Gasteiger partial charge in [-0.25, -0.2) is 0 Å². The zero-order valence-electron chi connectivity index (χ0n) is 22.8. The first-order valence-corrected chi connectivity index (χ1v) is 13.4. The summed E-state index contributed by atoms with van der Waals surface area (Å²) < 4.78 is 0. The number of hydrogen-bond donors (Lipinski definition) is 2. The number of nitrogens with one attached hydrogen (secondary N) is 1. The molecular weight excluding hydrogens is 460 g/mol. The van der Waals surface area contributed by atoms with E-state index in [4.69, 9.17) is 5.73 Å². The average molecular weight is 507 g/mol. The van der Waals surface area contributed by atoms with Gasteiger partial charge in [0.2, 0.25) is 11.8 Å². The minimum absolute atomic E-state index is 0.114. The Morgan fingerprint density at radius 2 is 1.64 bits per heavy atom. The highest BCUT2D eigenvalue weighted by Gasteiger charge is 2.55. The molecule has 0 bridgehead atoms. The molecular formula is C27H46N4O5. The summed E-state index contributed by atoms with van der Waals surface area (Å²) >= 11 is 0. The van der Waals surface area contributed by atoms with Crippen molar-refractivity contribution in [1.29, 1.82) is 0 Å². The molecule has 1 aliphatic rings. The summed E-state index contributed by atoms with van der Waals surface area (Å²) in [6.07, 6.45) is 13.1. The molecule has 1 rings (SSSR count).